The third-order valence-corrected chi connectivity index (χ3v) is 4.52. The molecule has 0 aliphatic rings. The molecule has 2 rings (SSSR count). The summed E-state index contributed by atoms with van der Waals surface area (Å²) in [6.45, 7) is 1.62. The van der Waals surface area contributed by atoms with Gasteiger partial charge in [-0.1, -0.05) is 46.8 Å². The van der Waals surface area contributed by atoms with E-state index < -0.39 is 11.2 Å². The quantitative estimate of drug-likeness (QED) is 0.877. The number of carbonyl (C=O) groups is 1. The first-order valence-corrected chi connectivity index (χ1v) is 7.12. The van der Waals surface area contributed by atoms with Gasteiger partial charge in [-0.05, 0) is 19.1 Å². The number of carboxylic acids is 1. The zero-order valence-electron chi connectivity index (χ0n) is 9.33. The van der Waals surface area contributed by atoms with Gasteiger partial charge in [0.25, 0.3) is 0 Å². The second-order valence-electron chi connectivity index (χ2n) is 3.48. The van der Waals surface area contributed by atoms with Crippen LogP contribution >= 0.6 is 34.7 Å². The smallest absolute Gasteiger partial charge is 0.316 e. The van der Waals surface area contributed by atoms with Crippen LogP contribution in [0.2, 0.25) is 5.02 Å². The van der Waals surface area contributed by atoms with Crippen molar-refractivity contribution < 1.29 is 9.90 Å². The van der Waals surface area contributed by atoms with Crippen LogP contribution in [-0.2, 0) is 4.79 Å². The van der Waals surface area contributed by atoms with Crippen LogP contribution in [0.5, 0.6) is 0 Å². The lowest BCUT2D eigenvalue weighted by atomic mass is 10.2. The summed E-state index contributed by atoms with van der Waals surface area (Å²) in [5.74, 6) is -0.858. The van der Waals surface area contributed by atoms with Crippen molar-refractivity contribution >= 4 is 40.7 Å². The van der Waals surface area contributed by atoms with Crippen LogP contribution in [0.3, 0.4) is 0 Å². The number of thioether (sulfide) groups is 1. The second kappa shape index (κ2) is 5.69. The first kappa shape index (κ1) is 13.3. The molecule has 2 aromatic rings. The summed E-state index contributed by atoms with van der Waals surface area (Å²) in [5, 5.41) is 17.7. The monoisotopic (exact) mass is 300 g/mol. The van der Waals surface area contributed by atoms with Crippen molar-refractivity contribution in [3.05, 3.63) is 29.3 Å². The molecule has 1 aromatic carbocycles. The third-order valence-electron chi connectivity index (χ3n) is 2.12. The molecule has 1 atom stereocenters. The summed E-state index contributed by atoms with van der Waals surface area (Å²) in [7, 11) is 0. The average Bonchev–Trinajstić information content (AvgIpc) is 2.78. The van der Waals surface area contributed by atoms with Gasteiger partial charge in [0, 0.05) is 10.6 Å². The van der Waals surface area contributed by atoms with Gasteiger partial charge >= 0.3 is 5.97 Å². The fourth-order valence-corrected chi connectivity index (χ4v) is 3.23. The van der Waals surface area contributed by atoms with Crippen molar-refractivity contribution in [1.82, 2.24) is 10.2 Å². The second-order valence-corrected chi connectivity index (χ2v) is 6.48. The number of aliphatic carboxylic acids is 1. The van der Waals surface area contributed by atoms with Gasteiger partial charge in [-0.3, -0.25) is 4.79 Å². The molecule has 0 radical (unpaired) electrons. The van der Waals surface area contributed by atoms with E-state index in [0.29, 0.717) is 9.36 Å². The molecule has 0 amide bonds. The highest BCUT2D eigenvalue weighted by Gasteiger charge is 2.16. The van der Waals surface area contributed by atoms with Gasteiger partial charge in [0.05, 0.1) is 0 Å². The van der Waals surface area contributed by atoms with E-state index in [1.54, 1.807) is 19.1 Å². The number of aromatic nitrogens is 2. The van der Waals surface area contributed by atoms with Crippen LogP contribution in [0, 0.1) is 0 Å². The highest BCUT2D eigenvalue weighted by molar-refractivity contribution is 8.02. The molecule has 94 valence electrons. The number of benzene rings is 1. The molecule has 1 unspecified atom stereocenters. The molecular weight excluding hydrogens is 292 g/mol. The maximum atomic E-state index is 10.7. The predicted octanol–water partition coefficient (Wildman–Crippen LogP) is 3.42. The Labute approximate surface area is 117 Å². The van der Waals surface area contributed by atoms with E-state index in [1.807, 2.05) is 12.1 Å². The van der Waals surface area contributed by atoms with Gasteiger partial charge in [-0.2, -0.15) is 0 Å². The molecule has 4 nitrogen and oxygen atoms in total. The van der Waals surface area contributed by atoms with Gasteiger partial charge in [-0.25, -0.2) is 0 Å². The predicted molar refractivity (Wildman–Crippen MR) is 73.3 cm³/mol. The average molecular weight is 301 g/mol. The molecule has 7 heteroatoms. The maximum Gasteiger partial charge on any atom is 0.316 e. The highest BCUT2D eigenvalue weighted by atomic mass is 35.5. The van der Waals surface area contributed by atoms with E-state index in [4.69, 9.17) is 16.7 Å². The van der Waals surface area contributed by atoms with Crippen LogP contribution in [-0.4, -0.2) is 26.5 Å². The van der Waals surface area contributed by atoms with Crippen LogP contribution in [0.1, 0.15) is 6.92 Å². The number of rotatable bonds is 4. The molecule has 18 heavy (non-hydrogen) atoms. The maximum absolute atomic E-state index is 10.7. The van der Waals surface area contributed by atoms with Crippen molar-refractivity contribution in [1.29, 1.82) is 0 Å². The lowest BCUT2D eigenvalue weighted by molar-refractivity contribution is -0.136. The molecule has 1 aromatic heterocycles. The van der Waals surface area contributed by atoms with E-state index in [9.17, 15) is 4.79 Å². The lowest BCUT2D eigenvalue weighted by Crippen LogP contribution is -2.10. The standard InChI is InChI=1S/C11H9ClN2O2S2/c1-6(10(15)16)17-11-14-13-9(18-11)7-2-4-8(12)5-3-7/h2-6H,1H3,(H,15,16). The third kappa shape index (κ3) is 3.22. The minimum Gasteiger partial charge on any atom is -0.480 e. The van der Waals surface area contributed by atoms with Gasteiger partial charge < -0.3 is 5.11 Å². The Morgan fingerprint density at radius 1 is 1.39 bits per heavy atom. The number of halogens is 1. The summed E-state index contributed by atoms with van der Waals surface area (Å²) < 4.78 is 0.648. The Morgan fingerprint density at radius 2 is 2.06 bits per heavy atom. The van der Waals surface area contributed by atoms with Crippen molar-refractivity contribution in [2.75, 3.05) is 0 Å². The summed E-state index contributed by atoms with van der Waals surface area (Å²) in [6.07, 6.45) is 0. The minimum atomic E-state index is -0.858. The fourth-order valence-electron chi connectivity index (χ4n) is 1.17. The molecule has 0 saturated heterocycles. The summed E-state index contributed by atoms with van der Waals surface area (Å²) in [6, 6.07) is 7.28. The number of hydrogen-bond acceptors (Lipinski definition) is 5. The summed E-state index contributed by atoms with van der Waals surface area (Å²) >= 11 is 8.37. The summed E-state index contributed by atoms with van der Waals surface area (Å²) in [4.78, 5) is 10.7. The molecular formula is C11H9ClN2O2S2. The van der Waals surface area contributed by atoms with Crippen molar-refractivity contribution in [3.8, 4) is 10.6 Å². The van der Waals surface area contributed by atoms with Crippen molar-refractivity contribution in [2.45, 2.75) is 16.5 Å². The van der Waals surface area contributed by atoms with Gasteiger partial charge in [0.1, 0.15) is 10.3 Å². The summed E-state index contributed by atoms with van der Waals surface area (Å²) in [5.41, 5.74) is 0.923. The largest absolute Gasteiger partial charge is 0.480 e. The number of hydrogen-bond donors (Lipinski definition) is 1. The minimum absolute atomic E-state index is 0.531. The van der Waals surface area contributed by atoms with Gasteiger partial charge in [-0.15, -0.1) is 10.2 Å². The van der Waals surface area contributed by atoms with E-state index >= 15 is 0 Å². The Bertz CT molecular complexity index is 556. The molecule has 0 aliphatic carbocycles. The SMILES string of the molecule is CC(Sc1nnc(-c2ccc(Cl)cc2)s1)C(=O)O. The van der Waals surface area contributed by atoms with Gasteiger partial charge in [0.15, 0.2) is 4.34 Å². The number of nitrogens with zero attached hydrogens (tertiary/aromatic N) is 2. The topological polar surface area (TPSA) is 63.1 Å². The Kier molecular flexibility index (Phi) is 4.21. The van der Waals surface area contributed by atoms with Crippen LogP contribution < -0.4 is 0 Å². The van der Waals surface area contributed by atoms with Crippen LogP contribution in [0.15, 0.2) is 28.6 Å². The van der Waals surface area contributed by atoms with Crippen LogP contribution in [0.4, 0.5) is 0 Å². The Balaban J connectivity index is 2.15. The van der Waals surface area contributed by atoms with E-state index in [1.165, 1.54) is 23.1 Å². The highest BCUT2D eigenvalue weighted by Crippen LogP contribution is 2.31. The lowest BCUT2D eigenvalue weighted by Gasteiger charge is -2.00. The van der Waals surface area contributed by atoms with Crippen molar-refractivity contribution in [2.24, 2.45) is 0 Å². The Hall–Kier alpha value is -1.11. The van der Waals surface area contributed by atoms with Gasteiger partial charge in [0.2, 0.25) is 0 Å². The number of carboxylic acid groups (broad SMARTS) is 1. The van der Waals surface area contributed by atoms with E-state index in [-0.39, 0.29) is 0 Å². The van der Waals surface area contributed by atoms with Crippen LogP contribution in [0.25, 0.3) is 10.6 Å². The zero-order chi connectivity index (χ0) is 13.1. The molecule has 0 aliphatic heterocycles. The van der Waals surface area contributed by atoms with E-state index in [2.05, 4.69) is 10.2 Å². The van der Waals surface area contributed by atoms with Crippen molar-refractivity contribution in [3.63, 3.8) is 0 Å². The molecule has 0 fully saturated rings. The molecule has 0 bridgehead atoms. The first-order valence-electron chi connectivity index (χ1n) is 5.05. The Morgan fingerprint density at radius 3 is 2.67 bits per heavy atom. The normalized spacial score (nSPS) is 12.3. The van der Waals surface area contributed by atoms with E-state index in [0.717, 1.165) is 10.6 Å². The fraction of sp³-hybridized carbons (Fsp3) is 0.182. The zero-order valence-corrected chi connectivity index (χ0v) is 11.7. The first-order chi connectivity index (χ1) is 8.56. The molecule has 1 N–H and O–H groups in total. The molecule has 0 spiro atoms. The molecule has 0 saturated carbocycles. The molecule has 1 heterocycles.